The highest BCUT2D eigenvalue weighted by molar-refractivity contribution is 5.65. The van der Waals surface area contributed by atoms with Gasteiger partial charge in [0.05, 0.1) is 6.61 Å². The van der Waals surface area contributed by atoms with Crippen LogP contribution in [0.25, 0.3) is 0 Å². The van der Waals surface area contributed by atoms with Crippen molar-refractivity contribution in [2.45, 2.75) is 53.1 Å². The molecule has 0 spiro atoms. The maximum absolute atomic E-state index is 14.1. The van der Waals surface area contributed by atoms with Crippen LogP contribution >= 0.6 is 0 Å². The van der Waals surface area contributed by atoms with Gasteiger partial charge in [-0.25, -0.2) is 8.78 Å². The average molecular weight is 290 g/mol. The van der Waals surface area contributed by atoms with Crippen molar-refractivity contribution in [2.24, 2.45) is 10.8 Å². The Balaban J connectivity index is 5.11. The molecule has 0 amide bonds. The van der Waals surface area contributed by atoms with Crippen LogP contribution in [0.15, 0.2) is 0 Å². The van der Waals surface area contributed by atoms with Gasteiger partial charge in [0.15, 0.2) is 0 Å². The van der Waals surface area contributed by atoms with Crippen molar-refractivity contribution in [1.29, 1.82) is 0 Å². The van der Waals surface area contributed by atoms with Gasteiger partial charge in [-0.3, -0.25) is 4.79 Å². The van der Waals surface area contributed by atoms with Gasteiger partial charge in [0.1, 0.15) is 5.41 Å². The monoisotopic (exact) mass is 290 g/mol. The molecule has 0 aromatic heterocycles. The molecule has 0 atom stereocenters. The molecule has 0 saturated carbocycles. The third kappa shape index (κ3) is 3.57. The van der Waals surface area contributed by atoms with Crippen molar-refractivity contribution in [3.63, 3.8) is 0 Å². The van der Waals surface area contributed by atoms with Gasteiger partial charge in [0, 0.05) is 12.3 Å². The highest BCUT2D eigenvalue weighted by atomic mass is 19.4. The summed E-state index contributed by atoms with van der Waals surface area (Å²) in [6.07, 6.45) is -5.39. The molecule has 0 bridgehead atoms. The first kappa shape index (κ1) is 18.1. The molecule has 0 aliphatic carbocycles. The summed E-state index contributed by atoms with van der Waals surface area (Å²) >= 11 is 0. The molecule has 0 aliphatic rings. The number of ether oxygens (including phenoxy) is 1. The fourth-order valence-corrected chi connectivity index (χ4v) is 1.63. The Bertz CT molecular complexity index is 332. The third-order valence-electron chi connectivity index (χ3n) is 3.38. The van der Waals surface area contributed by atoms with Crippen LogP contribution in [0, 0.1) is 10.8 Å². The smallest absolute Gasteiger partial charge is 0.399 e. The van der Waals surface area contributed by atoms with E-state index in [1.165, 1.54) is 0 Å². The van der Waals surface area contributed by atoms with Crippen molar-refractivity contribution in [3.05, 3.63) is 0 Å². The minimum atomic E-state index is -5.03. The second-order valence-electron chi connectivity index (χ2n) is 5.67. The normalized spacial score (nSPS) is 14.4. The predicted molar refractivity (Wildman–Crippen MR) is 59.8 cm³/mol. The molecule has 0 fully saturated rings. The van der Waals surface area contributed by atoms with E-state index in [2.05, 4.69) is 4.74 Å². The van der Waals surface area contributed by atoms with Gasteiger partial charge >= 0.3 is 12.1 Å². The van der Waals surface area contributed by atoms with E-state index in [0.29, 0.717) is 13.8 Å². The molecule has 0 aliphatic heterocycles. The second-order valence-corrected chi connectivity index (χ2v) is 5.67. The lowest BCUT2D eigenvalue weighted by atomic mass is 9.69. The Hall–Kier alpha value is -0.880. The zero-order valence-electron chi connectivity index (χ0n) is 11.6. The summed E-state index contributed by atoms with van der Waals surface area (Å²) in [4.78, 5) is 10.5. The van der Waals surface area contributed by atoms with Crippen LogP contribution in [0.4, 0.5) is 22.0 Å². The van der Waals surface area contributed by atoms with Gasteiger partial charge in [-0.05, 0) is 20.3 Å². The molecule has 0 rings (SSSR count). The summed E-state index contributed by atoms with van der Waals surface area (Å²) in [7, 11) is 0. The van der Waals surface area contributed by atoms with Gasteiger partial charge < -0.3 is 4.74 Å². The molecule has 0 radical (unpaired) electrons. The zero-order chi connectivity index (χ0) is 15.7. The van der Waals surface area contributed by atoms with Gasteiger partial charge in [-0.1, -0.05) is 13.8 Å². The average Bonchev–Trinajstić information content (AvgIpc) is 2.14. The van der Waals surface area contributed by atoms with Crippen LogP contribution in [0.5, 0.6) is 0 Å². The fourth-order valence-electron chi connectivity index (χ4n) is 1.63. The summed E-state index contributed by atoms with van der Waals surface area (Å²) in [6, 6.07) is 0. The van der Waals surface area contributed by atoms with E-state index in [9.17, 15) is 26.7 Å². The quantitative estimate of drug-likeness (QED) is 0.560. The van der Waals surface area contributed by atoms with Crippen LogP contribution in [0.3, 0.4) is 0 Å². The maximum atomic E-state index is 14.1. The zero-order valence-corrected chi connectivity index (χ0v) is 11.6. The van der Waals surface area contributed by atoms with Crippen molar-refractivity contribution < 1.29 is 31.5 Å². The number of rotatable bonds is 5. The number of carbonyl (C=O) groups excluding carboxylic acids is 1. The van der Waals surface area contributed by atoms with E-state index < -0.39 is 28.9 Å². The first-order chi connectivity index (χ1) is 8.17. The van der Waals surface area contributed by atoms with E-state index in [-0.39, 0.29) is 13.0 Å². The molecule has 0 heterocycles. The first-order valence-corrected chi connectivity index (χ1v) is 5.75. The number of hydrogen-bond donors (Lipinski definition) is 0. The van der Waals surface area contributed by atoms with Crippen molar-refractivity contribution in [3.8, 4) is 0 Å². The molecule has 19 heavy (non-hydrogen) atoms. The van der Waals surface area contributed by atoms with Crippen LogP contribution < -0.4 is 0 Å². The Morgan fingerprint density at radius 3 is 1.74 bits per heavy atom. The molecular weight excluding hydrogens is 271 g/mol. The minimum Gasteiger partial charge on any atom is -0.466 e. The highest BCUT2D eigenvalue weighted by Crippen LogP contribution is 2.57. The van der Waals surface area contributed by atoms with E-state index in [4.69, 9.17) is 0 Å². The van der Waals surface area contributed by atoms with E-state index in [0.717, 1.165) is 20.8 Å². The van der Waals surface area contributed by atoms with Gasteiger partial charge in [0.2, 0.25) is 0 Å². The number of esters is 1. The molecule has 0 unspecified atom stereocenters. The maximum Gasteiger partial charge on any atom is 0.399 e. The molecule has 7 heteroatoms. The Morgan fingerprint density at radius 1 is 1.00 bits per heavy atom. The SMILES string of the molecule is CC(=O)OCCC(C)(C)C(F)(F)C(C)(C)C(F)(F)F. The van der Waals surface area contributed by atoms with Gasteiger partial charge in [-0.15, -0.1) is 0 Å². The van der Waals surface area contributed by atoms with Gasteiger partial charge in [0.25, 0.3) is 5.92 Å². The van der Waals surface area contributed by atoms with E-state index in [1.54, 1.807) is 0 Å². The lowest BCUT2D eigenvalue weighted by Gasteiger charge is -2.44. The fraction of sp³-hybridized carbons (Fsp3) is 0.917. The largest absolute Gasteiger partial charge is 0.466 e. The lowest BCUT2D eigenvalue weighted by molar-refractivity contribution is -0.314. The molecule has 0 aromatic rings. The Kier molecular flexibility index (Phi) is 5.00. The number of carbonyl (C=O) groups is 1. The van der Waals surface area contributed by atoms with Crippen LogP contribution in [0.2, 0.25) is 0 Å². The molecule has 0 N–H and O–H groups in total. The summed E-state index contributed by atoms with van der Waals surface area (Å²) in [5, 5.41) is 0. The van der Waals surface area contributed by atoms with Crippen molar-refractivity contribution in [1.82, 2.24) is 0 Å². The minimum absolute atomic E-state index is 0.341. The Morgan fingerprint density at radius 2 is 1.42 bits per heavy atom. The number of hydrogen-bond acceptors (Lipinski definition) is 2. The molecule has 0 aromatic carbocycles. The lowest BCUT2D eigenvalue weighted by Crippen LogP contribution is -2.55. The molecule has 114 valence electrons. The van der Waals surface area contributed by atoms with Gasteiger partial charge in [-0.2, -0.15) is 13.2 Å². The molecule has 2 nitrogen and oxygen atoms in total. The topological polar surface area (TPSA) is 26.3 Å². The van der Waals surface area contributed by atoms with Crippen LogP contribution in [-0.4, -0.2) is 24.7 Å². The van der Waals surface area contributed by atoms with Crippen LogP contribution in [0.1, 0.15) is 41.0 Å². The molecular formula is C12H19F5O2. The standard InChI is InChI=1S/C12H19F5O2/c1-8(18)19-7-6-9(2,3)11(13,14)10(4,5)12(15,16)17/h6-7H2,1-5H3. The third-order valence-corrected chi connectivity index (χ3v) is 3.38. The van der Waals surface area contributed by atoms with Crippen molar-refractivity contribution >= 4 is 5.97 Å². The Labute approximate surface area is 109 Å². The number of halogens is 5. The number of alkyl halides is 5. The van der Waals surface area contributed by atoms with E-state index in [1.807, 2.05) is 0 Å². The van der Waals surface area contributed by atoms with Crippen molar-refractivity contribution in [2.75, 3.05) is 6.61 Å². The summed E-state index contributed by atoms with van der Waals surface area (Å²) in [5.41, 5.74) is -5.12. The van der Waals surface area contributed by atoms with Crippen LogP contribution in [-0.2, 0) is 9.53 Å². The summed E-state index contributed by atoms with van der Waals surface area (Å²) in [5.74, 6) is -4.66. The summed E-state index contributed by atoms with van der Waals surface area (Å²) in [6.45, 7) is 3.77. The summed E-state index contributed by atoms with van der Waals surface area (Å²) < 4.78 is 71.0. The first-order valence-electron chi connectivity index (χ1n) is 5.75. The highest BCUT2D eigenvalue weighted by Gasteiger charge is 2.68. The molecule has 0 saturated heterocycles. The van der Waals surface area contributed by atoms with E-state index >= 15 is 0 Å². The second kappa shape index (κ2) is 5.25. The predicted octanol–water partition coefficient (Wildman–Crippen LogP) is 4.19.